The number of ether oxygens (including phenoxy) is 1. The molecule has 0 bridgehead atoms. The molecule has 4 rings (SSSR count). The van der Waals surface area contributed by atoms with E-state index in [0.717, 1.165) is 11.1 Å². The molecule has 0 unspecified atom stereocenters. The highest BCUT2D eigenvalue weighted by Gasteiger charge is 2.32. The largest absolute Gasteiger partial charge is 0.508 e. The summed E-state index contributed by atoms with van der Waals surface area (Å²) < 4.78 is 5.38. The Kier molecular flexibility index (Phi) is 4.64. The Morgan fingerprint density at radius 1 is 0.929 bits per heavy atom. The summed E-state index contributed by atoms with van der Waals surface area (Å²) >= 11 is 0. The molecule has 5 heteroatoms. The topological polar surface area (TPSA) is 62.1 Å². The number of para-hydroxylation sites is 1. The van der Waals surface area contributed by atoms with Crippen LogP contribution >= 0.6 is 0 Å². The van der Waals surface area contributed by atoms with Crippen LogP contribution in [0, 0.1) is 0 Å². The van der Waals surface area contributed by atoms with Gasteiger partial charge in [-0.2, -0.15) is 0 Å². The predicted molar refractivity (Wildman–Crippen MR) is 110 cm³/mol. The molecule has 1 heterocycles. The van der Waals surface area contributed by atoms with E-state index >= 15 is 0 Å². The number of nitrogens with zero attached hydrogens (tertiary/aromatic N) is 2. The second kappa shape index (κ2) is 7.40. The van der Waals surface area contributed by atoms with Crippen LogP contribution in [0.4, 0.5) is 5.69 Å². The Hall–Kier alpha value is -3.86. The number of carbonyl (C=O) groups excluding carboxylic acids is 1. The Morgan fingerprint density at radius 3 is 2.32 bits per heavy atom. The summed E-state index contributed by atoms with van der Waals surface area (Å²) in [4.78, 5) is 19.4. The molecule has 0 atom stereocenters. The van der Waals surface area contributed by atoms with E-state index in [1.165, 1.54) is 0 Å². The third-order valence-electron chi connectivity index (χ3n) is 4.43. The van der Waals surface area contributed by atoms with E-state index in [4.69, 9.17) is 4.74 Å². The van der Waals surface area contributed by atoms with Crippen molar-refractivity contribution in [3.8, 4) is 11.5 Å². The normalized spacial score (nSPS) is 15.0. The van der Waals surface area contributed by atoms with Crippen LogP contribution in [-0.4, -0.2) is 24.0 Å². The molecule has 0 fully saturated rings. The highest BCUT2D eigenvalue weighted by Crippen LogP contribution is 2.30. The second-order valence-electron chi connectivity index (χ2n) is 6.23. The van der Waals surface area contributed by atoms with Crippen LogP contribution in [0.5, 0.6) is 11.5 Å². The van der Waals surface area contributed by atoms with Gasteiger partial charge in [0.1, 0.15) is 23.0 Å². The Labute approximate surface area is 162 Å². The van der Waals surface area contributed by atoms with E-state index < -0.39 is 0 Å². The third kappa shape index (κ3) is 3.25. The lowest BCUT2D eigenvalue weighted by Crippen LogP contribution is -2.32. The van der Waals surface area contributed by atoms with E-state index in [1.54, 1.807) is 42.4 Å². The minimum atomic E-state index is -0.240. The number of aliphatic imine (C=N–C) groups is 1. The van der Waals surface area contributed by atoms with Crippen LogP contribution in [0.1, 0.15) is 11.1 Å². The molecule has 0 saturated carbocycles. The van der Waals surface area contributed by atoms with Crippen molar-refractivity contribution >= 4 is 23.5 Å². The number of benzene rings is 3. The van der Waals surface area contributed by atoms with Gasteiger partial charge in [0.15, 0.2) is 0 Å². The van der Waals surface area contributed by atoms with Crippen molar-refractivity contribution in [2.24, 2.45) is 4.99 Å². The number of amidine groups is 1. The summed E-state index contributed by atoms with van der Waals surface area (Å²) in [5.74, 6) is 1.11. The highest BCUT2D eigenvalue weighted by atomic mass is 16.5. The number of anilines is 1. The molecule has 28 heavy (non-hydrogen) atoms. The minimum absolute atomic E-state index is 0.137. The molecule has 0 aromatic heterocycles. The van der Waals surface area contributed by atoms with Crippen molar-refractivity contribution in [2.75, 3.05) is 12.0 Å². The van der Waals surface area contributed by atoms with Crippen LogP contribution in [0.15, 0.2) is 89.6 Å². The lowest BCUT2D eigenvalue weighted by molar-refractivity contribution is -0.113. The molecule has 0 aliphatic carbocycles. The zero-order chi connectivity index (χ0) is 19.5. The average Bonchev–Trinajstić information content (AvgIpc) is 3.06. The Bertz CT molecular complexity index is 1070. The van der Waals surface area contributed by atoms with Gasteiger partial charge in [-0.25, -0.2) is 4.99 Å². The molecule has 1 amide bonds. The zero-order valence-electron chi connectivity index (χ0n) is 15.2. The van der Waals surface area contributed by atoms with Crippen molar-refractivity contribution in [3.05, 3.63) is 95.7 Å². The highest BCUT2D eigenvalue weighted by molar-refractivity contribution is 6.33. The lowest BCUT2D eigenvalue weighted by atomic mass is 10.1. The van der Waals surface area contributed by atoms with Crippen LogP contribution < -0.4 is 9.64 Å². The number of aromatic hydroxyl groups is 1. The summed E-state index contributed by atoms with van der Waals surface area (Å²) in [5, 5.41) is 9.59. The Balaban J connectivity index is 1.83. The van der Waals surface area contributed by atoms with Crippen LogP contribution in [0.25, 0.3) is 6.08 Å². The fourth-order valence-electron chi connectivity index (χ4n) is 3.07. The van der Waals surface area contributed by atoms with E-state index in [1.807, 2.05) is 54.6 Å². The summed E-state index contributed by atoms with van der Waals surface area (Å²) in [6.07, 6.45) is 1.73. The molecule has 1 N–H and O–H groups in total. The molecule has 0 radical (unpaired) electrons. The SMILES string of the molecule is COc1ccccc1/C=C1/N=C(c2ccccc2)N(c2ccc(O)cc2)C1=O. The monoisotopic (exact) mass is 370 g/mol. The summed E-state index contributed by atoms with van der Waals surface area (Å²) in [5.41, 5.74) is 2.55. The molecule has 0 saturated heterocycles. The van der Waals surface area contributed by atoms with Crippen molar-refractivity contribution in [3.63, 3.8) is 0 Å². The lowest BCUT2D eigenvalue weighted by Gasteiger charge is -2.18. The number of phenolic OH excluding ortho intramolecular Hbond substituents is 1. The smallest absolute Gasteiger partial charge is 0.282 e. The van der Waals surface area contributed by atoms with Gasteiger partial charge in [-0.1, -0.05) is 48.5 Å². The fraction of sp³-hybridized carbons (Fsp3) is 0.0435. The van der Waals surface area contributed by atoms with Gasteiger partial charge in [-0.3, -0.25) is 9.69 Å². The van der Waals surface area contributed by atoms with Crippen molar-refractivity contribution in [2.45, 2.75) is 0 Å². The van der Waals surface area contributed by atoms with E-state index in [-0.39, 0.29) is 11.7 Å². The zero-order valence-corrected chi connectivity index (χ0v) is 15.2. The van der Waals surface area contributed by atoms with Crippen LogP contribution in [0.3, 0.4) is 0 Å². The number of hydrogen-bond donors (Lipinski definition) is 1. The maximum Gasteiger partial charge on any atom is 0.282 e. The summed E-state index contributed by atoms with van der Waals surface area (Å²) in [7, 11) is 1.59. The predicted octanol–water partition coefficient (Wildman–Crippen LogP) is 4.24. The first kappa shape index (κ1) is 17.5. The molecular weight excluding hydrogens is 352 g/mol. The molecule has 138 valence electrons. The van der Waals surface area contributed by atoms with Crippen molar-refractivity contribution in [1.29, 1.82) is 0 Å². The van der Waals surface area contributed by atoms with E-state index in [9.17, 15) is 9.90 Å². The summed E-state index contributed by atoms with van der Waals surface area (Å²) in [6, 6.07) is 23.5. The number of carbonyl (C=O) groups is 1. The van der Waals surface area contributed by atoms with Crippen molar-refractivity contribution in [1.82, 2.24) is 0 Å². The quantitative estimate of drug-likeness (QED) is 0.699. The van der Waals surface area contributed by atoms with Gasteiger partial charge in [0.05, 0.1) is 12.8 Å². The van der Waals surface area contributed by atoms with Gasteiger partial charge in [-0.15, -0.1) is 0 Å². The first-order valence-corrected chi connectivity index (χ1v) is 8.79. The second-order valence-corrected chi connectivity index (χ2v) is 6.23. The first-order chi connectivity index (χ1) is 13.7. The van der Waals surface area contributed by atoms with Gasteiger partial charge < -0.3 is 9.84 Å². The van der Waals surface area contributed by atoms with Gasteiger partial charge in [-0.05, 0) is 36.4 Å². The fourth-order valence-corrected chi connectivity index (χ4v) is 3.07. The standard InChI is InChI=1S/C23H18N2O3/c1-28-21-10-6-5-9-17(21)15-20-23(27)25(18-11-13-19(26)14-12-18)22(24-20)16-7-3-2-4-8-16/h2-15,26H,1H3/b20-15+. The number of amides is 1. The number of rotatable bonds is 4. The molecular formula is C23H18N2O3. The number of phenols is 1. The summed E-state index contributed by atoms with van der Waals surface area (Å²) in [6.45, 7) is 0. The maximum atomic E-state index is 13.2. The Morgan fingerprint density at radius 2 is 1.61 bits per heavy atom. The number of hydrogen-bond acceptors (Lipinski definition) is 4. The molecule has 3 aromatic rings. The third-order valence-corrected chi connectivity index (χ3v) is 4.43. The van der Waals surface area contributed by atoms with Crippen LogP contribution in [-0.2, 0) is 4.79 Å². The maximum absolute atomic E-state index is 13.2. The molecule has 5 nitrogen and oxygen atoms in total. The van der Waals surface area contributed by atoms with Gasteiger partial charge in [0.2, 0.25) is 0 Å². The van der Waals surface area contributed by atoms with Crippen molar-refractivity contribution < 1.29 is 14.6 Å². The van der Waals surface area contributed by atoms with Crippen LogP contribution in [0.2, 0.25) is 0 Å². The molecule has 0 spiro atoms. The van der Waals surface area contributed by atoms with E-state index in [2.05, 4.69) is 4.99 Å². The minimum Gasteiger partial charge on any atom is -0.508 e. The average molecular weight is 370 g/mol. The molecule has 1 aliphatic rings. The molecule has 1 aliphatic heterocycles. The first-order valence-electron chi connectivity index (χ1n) is 8.79. The molecule has 3 aromatic carbocycles. The number of methoxy groups -OCH3 is 1. The van der Waals surface area contributed by atoms with Gasteiger partial charge in [0.25, 0.3) is 5.91 Å². The van der Waals surface area contributed by atoms with Gasteiger partial charge in [0, 0.05) is 11.1 Å². The van der Waals surface area contributed by atoms with E-state index in [0.29, 0.717) is 23.0 Å². The van der Waals surface area contributed by atoms with Gasteiger partial charge >= 0.3 is 0 Å².